The van der Waals surface area contributed by atoms with Crippen molar-refractivity contribution in [1.82, 2.24) is 14.9 Å². The summed E-state index contributed by atoms with van der Waals surface area (Å²) < 4.78 is 1.11. The van der Waals surface area contributed by atoms with Gasteiger partial charge >= 0.3 is 0 Å². The average molecular weight is 381 g/mol. The predicted molar refractivity (Wildman–Crippen MR) is 101 cm³/mol. The standard InChI is InChI=1S/C18H15N5O5/c1-19-17(25)11-2-4-12(5-3-11)21-16(24)9-22-10-20-15-8-13(23(27)28)6-7-14(15)18(22)26/h2-8,10H,9H2,1H3,(H,19,25)(H,21,24). The molecule has 0 spiro atoms. The van der Waals surface area contributed by atoms with Gasteiger partial charge in [0.05, 0.1) is 22.2 Å². The number of rotatable bonds is 5. The Balaban J connectivity index is 1.76. The number of anilines is 1. The molecule has 142 valence electrons. The number of amides is 2. The van der Waals surface area contributed by atoms with Crippen LogP contribution in [0.1, 0.15) is 10.4 Å². The second-order valence-electron chi connectivity index (χ2n) is 5.84. The summed E-state index contributed by atoms with van der Waals surface area (Å²) in [6.07, 6.45) is 1.17. The number of carbonyl (C=O) groups excluding carboxylic acids is 2. The molecule has 3 rings (SSSR count). The largest absolute Gasteiger partial charge is 0.355 e. The highest BCUT2D eigenvalue weighted by molar-refractivity contribution is 5.95. The maximum absolute atomic E-state index is 12.5. The molecule has 0 aliphatic heterocycles. The van der Waals surface area contributed by atoms with Gasteiger partial charge in [0.15, 0.2) is 0 Å². The highest BCUT2D eigenvalue weighted by Gasteiger charge is 2.12. The molecule has 0 saturated carbocycles. The summed E-state index contributed by atoms with van der Waals surface area (Å²) in [4.78, 5) is 50.5. The van der Waals surface area contributed by atoms with Gasteiger partial charge in [-0.3, -0.25) is 29.1 Å². The Morgan fingerprint density at radius 1 is 1.18 bits per heavy atom. The fourth-order valence-electron chi connectivity index (χ4n) is 2.58. The van der Waals surface area contributed by atoms with Crippen molar-refractivity contribution in [1.29, 1.82) is 0 Å². The number of nitro groups is 1. The molecule has 0 unspecified atom stereocenters. The molecule has 2 aromatic carbocycles. The van der Waals surface area contributed by atoms with Gasteiger partial charge in [0.2, 0.25) is 5.91 Å². The summed E-state index contributed by atoms with van der Waals surface area (Å²) in [5.41, 5.74) is 0.445. The average Bonchev–Trinajstić information content (AvgIpc) is 2.69. The Labute approximate surface area is 158 Å². The highest BCUT2D eigenvalue weighted by Crippen LogP contribution is 2.16. The molecule has 10 heteroatoms. The van der Waals surface area contributed by atoms with Gasteiger partial charge in [-0.2, -0.15) is 0 Å². The van der Waals surface area contributed by atoms with Crippen LogP contribution in [-0.2, 0) is 11.3 Å². The molecule has 0 aliphatic carbocycles. The number of non-ortho nitro benzene ring substituents is 1. The van der Waals surface area contributed by atoms with E-state index in [1.807, 2.05) is 0 Å². The van der Waals surface area contributed by atoms with Crippen LogP contribution in [-0.4, -0.2) is 33.3 Å². The Morgan fingerprint density at radius 3 is 2.54 bits per heavy atom. The van der Waals surface area contributed by atoms with Crippen molar-refractivity contribution in [2.45, 2.75) is 6.54 Å². The molecule has 2 N–H and O–H groups in total. The van der Waals surface area contributed by atoms with Crippen LogP contribution in [0, 0.1) is 10.1 Å². The van der Waals surface area contributed by atoms with E-state index < -0.39 is 16.4 Å². The minimum atomic E-state index is -0.574. The molecule has 2 amide bonds. The van der Waals surface area contributed by atoms with E-state index >= 15 is 0 Å². The second kappa shape index (κ2) is 7.66. The van der Waals surface area contributed by atoms with E-state index in [0.29, 0.717) is 11.3 Å². The van der Waals surface area contributed by atoms with E-state index in [2.05, 4.69) is 15.6 Å². The zero-order valence-electron chi connectivity index (χ0n) is 14.7. The summed E-state index contributed by atoms with van der Waals surface area (Å²) in [5, 5.41) is 16.1. The smallest absolute Gasteiger partial charge is 0.271 e. The van der Waals surface area contributed by atoms with Crippen molar-refractivity contribution < 1.29 is 14.5 Å². The molecule has 1 heterocycles. The topological polar surface area (TPSA) is 136 Å². The molecule has 0 atom stereocenters. The molecule has 1 aromatic heterocycles. The minimum Gasteiger partial charge on any atom is -0.355 e. The highest BCUT2D eigenvalue weighted by atomic mass is 16.6. The van der Waals surface area contributed by atoms with Gasteiger partial charge in [-0.05, 0) is 30.3 Å². The van der Waals surface area contributed by atoms with Gasteiger partial charge in [-0.25, -0.2) is 4.98 Å². The lowest BCUT2D eigenvalue weighted by Gasteiger charge is -2.08. The van der Waals surface area contributed by atoms with Crippen LogP contribution in [0.15, 0.2) is 53.6 Å². The zero-order chi connectivity index (χ0) is 20.3. The molecule has 0 radical (unpaired) electrons. The summed E-state index contributed by atoms with van der Waals surface area (Å²) in [5.74, 6) is -0.704. The first-order chi connectivity index (χ1) is 13.4. The van der Waals surface area contributed by atoms with Gasteiger partial charge in [-0.15, -0.1) is 0 Å². The third-order valence-electron chi connectivity index (χ3n) is 3.99. The Hall–Kier alpha value is -4.08. The van der Waals surface area contributed by atoms with Crippen molar-refractivity contribution in [3.63, 3.8) is 0 Å². The van der Waals surface area contributed by atoms with Gasteiger partial charge in [0.1, 0.15) is 6.54 Å². The van der Waals surface area contributed by atoms with Crippen LogP contribution in [0.5, 0.6) is 0 Å². The molecular weight excluding hydrogens is 366 g/mol. The van der Waals surface area contributed by atoms with Gasteiger partial charge in [0.25, 0.3) is 17.2 Å². The van der Waals surface area contributed by atoms with E-state index in [9.17, 15) is 24.5 Å². The first kappa shape index (κ1) is 18.7. The molecule has 0 fully saturated rings. The van der Waals surface area contributed by atoms with Crippen molar-refractivity contribution in [3.05, 3.63) is 74.8 Å². The third-order valence-corrected chi connectivity index (χ3v) is 3.99. The van der Waals surface area contributed by atoms with Crippen molar-refractivity contribution in [2.75, 3.05) is 12.4 Å². The van der Waals surface area contributed by atoms with Crippen LogP contribution >= 0.6 is 0 Å². The predicted octanol–water partition coefficient (Wildman–Crippen LogP) is 1.30. The maximum Gasteiger partial charge on any atom is 0.271 e. The lowest BCUT2D eigenvalue weighted by molar-refractivity contribution is -0.384. The molecule has 0 saturated heterocycles. The van der Waals surface area contributed by atoms with E-state index in [1.54, 1.807) is 24.3 Å². The monoisotopic (exact) mass is 381 g/mol. The third kappa shape index (κ3) is 3.85. The quantitative estimate of drug-likeness (QED) is 0.505. The Morgan fingerprint density at radius 2 is 1.89 bits per heavy atom. The molecular formula is C18H15N5O5. The lowest BCUT2D eigenvalue weighted by Crippen LogP contribution is -2.28. The minimum absolute atomic E-state index is 0.171. The number of nitrogens with zero attached hydrogens (tertiary/aromatic N) is 3. The summed E-state index contributed by atoms with van der Waals surface area (Å²) in [6, 6.07) is 10.00. The van der Waals surface area contributed by atoms with Crippen LogP contribution in [0.2, 0.25) is 0 Å². The maximum atomic E-state index is 12.5. The van der Waals surface area contributed by atoms with Crippen LogP contribution in [0.25, 0.3) is 10.9 Å². The summed E-state index contributed by atoms with van der Waals surface area (Å²) >= 11 is 0. The van der Waals surface area contributed by atoms with E-state index in [-0.39, 0.29) is 29.0 Å². The number of carbonyl (C=O) groups is 2. The number of hydrogen-bond acceptors (Lipinski definition) is 6. The first-order valence-corrected chi connectivity index (χ1v) is 8.14. The molecule has 28 heavy (non-hydrogen) atoms. The fourth-order valence-corrected chi connectivity index (χ4v) is 2.58. The van der Waals surface area contributed by atoms with Gasteiger partial charge < -0.3 is 10.6 Å². The number of nitro benzene ring substituents is 1. The fraction of sp³-hybridized carbons (Fsp3) is 0.111. The van der Waals surface area contributed by atoms with E-state index in [4.69, 9.17) is 0 Å². The van der Waals surface area contributed by atoms with Crippen molar-refractivity contribution >= 4 is 34.1 Å². The number of benzene rings is 2. The van der Waals surface area contributed by atoms with Crippen LogP contribution in [0.4, 0.5) is 11.4 Å². The molecule has 0 bridgehead atoms. The van der Waals surface area contributed by atoms with Crippen LogP contribution < -0.4 is 16.2 Å². The SMILES string of the molecule is CNC(=O)c1ccc(NC(=O)Cn2cnc3cc([N+](=O)[O-])ccc3c2=O)cc1. The van der Waals surface area contributed by atoms with Gasteiger partial charge in [0, 0.05) is 30.4 Å². The number of aromatic nitrogens is 2. The van der Waals surface area contributed by atoms with Gasteiger partial charge in [-0.1, -0.05) is 0 Å². The molecule has 10 nitrogen and oxygen atoms in total. The lowest BCUT2D eigenvalue weighted by atomic mass is 10.2. The van der Waals surface area contributed by atoms with Crippen molar-refractivity contribution in [2.24, 2.45) is 0 Å². The molecule has 3 aromatic rings. The first-order valence-electron chi connectivity index (χ1n) is 8.14. The van der Waals surface area contributed by atoms with E-state index in [1.165, 1.54) is 31.6 Å². The second-order valence-corrected chi connectivity index (χ2v) is 5.84. The van der Waals surface area contributed by atoms with Crippen molar-refractivity contribution in [3.8, 4) is 0 Å². The Bertz CT molecular complexity index is 1140. The molecule has 0 aliphatic rings. The van der Waals surface area contributed by atoms with Crippen LogP contribution in [0.3, 0.4) is 0 Å². The number of fused-ring (bicyclic) bond motifs is 1. The summed E-state index contributed by atoms with van der Waals surface area (Å²) in [7, 11) is 1.52. The number of nitrogens with one attached hydrogen (secondary N) is 2. The normalized spacial score (nSPS) is 10.5. The summed E-state index contributed by atoms with van der Waals surface area (Å²) in [6.45, 7) is -0.282. The Kier molecular flexibility index (Phi) is 5.12. The zero-order valence-corrected chi connectivity index (χ0v) is 14.7. The van der Waals surface area contributed by atoms with E-state index in [0.717, 1.165) is 4.57 Å². The number of hydrogen-bond donors (Lipinski definition) is 2.